The second kappa shape index (κ2) is 3.29. The summed E-state index contributed by atoms with van der Waals surface area (Å²) in [6, 6.07) is 8.25. The number of thiazole rings is 1. The highest BCUT2D eigenvalue weighted by molar-refractivity contribution is 7.23. The Kier molecular flexibility index (Phi) is 1.93. The highest BCUT2D eigenvalue weighted by Gasteiger charge is 2.10. The molecule has 15 heavy (non-hydrogen) atoms. The molecule has 76 valence electrons. The standard InChI is InChI=1S/C10H10N4S/c11-6-5-9-12-13-10-14(9)7-3-1-2-4-8(7)15-10/h1-4H,5-6,11H2. The average molecular weight is 218 g/mol. The monoisotopic (exact) mass is 218 g/mol. The maximum Gasteiger partial charge on any atom is 0.217 e. The molecular weight excluding hydrogens is 208 g/mol. The zero-order chi connectivity index (χ0) is 10.3. The maximum atomic E-state index is 5.55. The van der Waals surface area contributed by atoms with E-state index in [0.29, 0.717) is 6.54 Å². The van der Waals surface area contributed by atoms with Gasteiger partial charge in [0.15, 0.2) is 0 Å². The normalized spacial score (nSPS) is 11.5. The molecule has 0 fully saturated rings. The molecule has 1 aromatic carbocycles. The van der Waals surface area contributed by atoms with Crippen molar-refractivity contribution in [3.8, 4) is 0 Å². The number of nitrogens with zero attached hydrogens (tertiary/aromatic N) is 3. The van der Waals surface area contributed by atoms with Crippen LogP contribution in [0.3, 0.4) is 0 Å². The minimum absolute atomic E-state index is 0.602. The molecule has 2 N–H and O–H groups in total. The molecule has 0 aliphatic heterocycles. The molecule has 0 saturated carbocycles. The summed E-state index contributed by atoms with van der Waals surface area (Å²) in [4.78, 5) is 0.944. The Bertz CT molecular complexity index is 610. The Labute approximate surface area is 90.3 Å². The number of hydrogen-bond acceptors (Lipinski definition) is 4. The number of rotatable bonds is 2. The van der Waals surface area contributed by atoms with Gasteiger partial charge in [0, 0.05) is 6.42 Å². The summed E-state index contributed by atoms with van der Waals surface area (Å²) in [5.41, 5.74) is 6.72. The topological polar surface area (TPSA) is 56.2 Å². The van der Waals surface area contributed by atoms with Gasteiger partial charge in [0.05, 0.1) is 10.2 Å². The lowest BCUT2D eigenvalue weighted by Gasteiger charge is -1.95. The summed E-state index contributed by atoms with van der Waals surface area (Å²) >= 11 is 1.66. The maximum absolute atomic E-state index is 5.55. The van der Waals surface area contributed by atoms with Crippen LogP contribution in [0.2, 0.25) is 0 Å². The average Bonchev–Trinajstić information content (AvgIpc) is 2.78. The van der Waals surface area contributed by atoms with Crippen molar-refractivity contribution in [3.05, 3.63) is 30.1 Å². The molecule has 0 spiro atoms. The molecule has 4 nitrogen and oxygen atoms in total. The van der Waals surface area contributed by atoms with E-state index in [9.17, 15) is 0 Å². The first-order valence-corrected chi connectivity index (χ1v) is 5.63. The lowest BCUT2D eigenvalue weighted by Crippen LogP contribution is -2.05. The van der Waals surface area contributed by atoms with Gasteiger partial charge in [-0.25, -0.2) is 0 Å². The number of para-hydroxylation sites is 1. The quantitative estimate of drug-likeness (QED) is 0.708. The van der Waals surface area contributed by atoms with Crippen LogP contribution in [-0.2, 0) is 6.42 Å². The molecule has 0 aliphatic carbocycles. The molecule has 0 bridgehead atoms. The van der Waals surface area contributed by atoms with Crippen molar-refractivity contribution >= 4 is 26.5 Å². The third-order valence-corrected chi connectivity index (χ3v) is 3.39. The largest absolute Gasteiger partial charge is 0.330 e. The van der Waals surface area contributed by atoms with E-state index in [1.165, 1.54) is 10.2 Å². The van der Waals surface area contributed by atoms with Gasteiger partial charge in [-0.3, -0.25) is 4.40 Å². The molecule has 0 radical (unpaired) electrons. The minimum Gasteiger partial charge on any atom is -0.330 e. The number of benzene rings is 1. The fourth-order valence-electron chi connectivity index (χ4n) is 1.73. The first-order chi connectivity index (χ1) is 7.40. The Hall–Kier alpha value is -1.46. The van der Waals surface area contributed by atoms with Gasteiger partial charge in [-0.05, 0) is 18.7 Å². The first kappa shape index (κ1) is 8.82. The van der Waals surface area contributed by atoms with Crippen molar-refractivity contribution in [2.75, 3.05) is 6.54 Å². The Morgan fingerprint density at radius 3 is 3.00 bits per heavy atom. The molecule has 0 aliphatic rings. The van der Waals surface area contributed by atoms with Crippen molar-refractivity contribution < 1.29 is 0 Å². The highest BCUT2D eigenvalue weighted by atomic mass is 32.1. The molecule has 0 saturated heterocycles. The number of aromatic nitrogens is 3. The van der Waals surface area contributed by atoms with Crippen molar-refractivity contribution in [1.82, 2.24) is 14.6 Å². The van der Waals surface area contributed by atoms with Gasteiger partial charge in [0.2, 0.25) is 4.96 Å². The summed E-state index contributed by atoms with van der Waals surface area (Å²) in [6.45, 7) is 0.602. The van der Waals surface area contributed by atoms with Gasteiger partial charge >= 0.3 is 0 Å². The van der Waals surface area contributed by atoms with E-state index in [4.69, 9.17) is 5.73 Å². The van der Waals surface area contributed by atoms with Gasteiger partial charge in [0.1, 0.15) is 5.82 Å². The Morgan fingerprint density at radius 2 is 2.13 bits per heavy atom. The summed E-state index contributed by atoms with van der Waals surface area (Å²) < 4.78 is 3.33. The van der Waals surface area contributed by atoms with Crippen LogP contribution in [-0.4, -0.2) is 21.1 Å². The van der Waals surface area contributed by atoms with Crippen LogP contribution in [0.25, 0.3) is 15.2 Å². The van der Waals surface area contributed by atoms with E-state index in [1.54, 1.807) is 11.3 Å². The molecule has 3 aromatic rings. The molecular formula is C10H10N4S. The summed E-state index contributed by atoms with van der Waals surface area (Å²) in [7, 11) is 0. The van der Waals surface area contributed by atoms with Gasteiger partial charge in [0.25, 0.3) is 0 Å². The Morgan fingerprint density at radius 1 is 1.27 bits per heavy atom. The van der Waals surface area contributed by atoms with Crippen LogP contribution in [0.1, 0.15) is 5.82 Å². The SMILES string of the molecule is NCCc1nnc2sc3ccccc3n12. The van der Waals surface area contributed by atoms with E-state index < -0.39 is 0 Å². The third kappa shape index (κ3) is 1.24. The fourth-order valence-corrected chi connectivity index (χ4v) is 2.71. The molecule has 0 amide bonds. The molecule has 0 atom stereocenters. The number of fused-ring (bicyclic) bond motifs is 3. The molecule has 0 unspecified atom stereocenters. The molecule has 2 aromatic heterocycles. The first-order valence-electron chi connectivity index (χ1n) is 4.82. The van der Waals surface area contributed by atoms with E-state index in [0.717, 1.165) is 17.2 Å². The van der Waals surface area contributed by atoms with Crippen LogP contribution in [0.5, 0.6) is 0 Å². The predicted molar refractivity (Wildman–Crippen MR) is 61.1 cm³/mol. The molecule has 2 heterocycles. The highest BCUT2D eigenvalue weighted by Crippen LogP contribution is 2.25. The van der Waals surface area contributed by atoms with Crippen LogP contribution in [0.4, 0.5) is 0 Å². The van der Waals surface area contributed by atoms with Crippen molar-refractivity contribution in [1.29, 1.82) is 0 Å². The van der Waals surface area contributed by atoms with E-state index >= 15 is 0 Å². The number of hydrogen-bond donors (Lipinski definition) is 1. The zero-order valence-electron chi connectivity index (χ0n) is 8.05. The number of nitrogens with two attached hydrogens (primary N) is 1. The summed E-state index contributed by atoms with van der Waals surface area (Å²) in [5.74, 6) is 0.949. The van der Waals surface area contributed by atoms with Crippen molar-refractivity contribution in [2.24, 2.45) is 5.73 Å². The summed E-state index contributed by atoms with van der Waals surface area (Å²) in [5, 5.41) is 8.29. The lowest BCUT2D eigenvalue weighted by molar-refractivity contribution is 0.857. The summed E-state index contributed by atoms with van der Waals surface area (Å²) in [6.07, 6.45) is 0.766. The molecule has 5 heteroatoms. The second-order valence-electron chi connectivity index (χ2n) is 3.34. The van der Waals surface area contributed by atoms with E-state index in [-0.39, 0.29) is 0 Å². The van der Waals surface area contributed by atoms with Gasteiger partial charge < -0.3 is 5.73 Å². The third-order valence-electron chi connectivity index (χ3n) is 2.38. The second-order valence-corrected chi connectivity index (χ2v) is 4.35. The zero-order valence-corrected chi connectivity index (χ0v) is 8.87. The van der Waals surface area contributed by atoms with Crippen LogP contribution >= 0.6 is 11.3 Å². The van der Waals surface area contributed by atoms with Gasteiger partial charge in [-0.15, -0.1) is 10.2 Å². The van der Waals surface area contributed by atoms with Gasteiger partial charge in [-0.2, -0.15) is 0 Å². The fraction of sp³-hybridized carbons (Fsp3) is 0.200. The van der Waals surface area contributed by atoms with Crippen molar-refractivity contribution in [2.45, 2.75) is 6.42 Å². The minimum atomic E-state index is 0.602. The lowest BCUT2D eigenvalue weighted by atomic mass is 10.3. The Balaban J connectivity index is 2.38. The van der Waals surface area contributed by atoms with Crippen LogP contribution in [0.15, 0.2) is 24.3 Å². The van der Waals surface area contributed by atoms with E-state index in [1.807, 2.05) is 12.1 Å². The van der Waals surface area contributed by atoms with E-state index in [2.05, 4.69) is 26.7 Å². The van der Waals surface area contributed by atoms with Gasteiger partial charge in [-0.1, -0.05) is 23.5 Å². The molecule has 3 rings (SSSR count). The van der Waals surface area contributed by atoms with Crippen molar-refractivity contribution in [3.63, 3.8) is 0 Å². The van der Waals surface area contributed by atoms with Crippen LogP contribution in [0, 0.1) is 0 Å². The van der Waals surface area contributed by atoms with Crippen LogP contribution < -0.4 is 5.73 Å². The smallest absolute Gasteiger partial charge is 0.217 e. The predicted octanol–water partition coefficient (Wildman–Crippen LogP) is 1.45.